The molecule has 0 atom stereocenters. The van der Waals surface area contributed by atoms with Crippen LogP contribution in [0.2, 0.25) is 0 Å². The standard InChI is InChI=1S/C16H17N5O2/c1-21-13(10-6-7-10)8-15(19-21)18-16(22)17-9-12-11-4-2-3-5-14(11)23-20-12/h2-5,8,10H,6-7,9H2,1H3,(H2,17,18,19,22). The largest absolute Gasteiger partial charge is 0.356 e. The molecule has 1 fully saturated rings. The molecule has 0 unspecified atom stereocenters. The summed E-state index contributed by atoms with van der Waals surface area (Å²) in [6.07, 6.45) is 2.40. The number of para-hydroxylation sites is 1. The van der Waals surface area contributed by atoms with E-state index in [4.69, 9.17) is 4.52 Å². The lowest BCUT2D eigenvalue weighted by Crippen LogP contribution is -2.28. The summed E-state index contributed by atoms with van der Waals surface area (Å²) < 4.78 is 7.05. The number of anilines is 1. The third-order valence-electron chi connectivity index (χ3n) is 4.02. The molecule has 118 valence electrons. The molecule has 23 heavy (non-hydrogen) atoms. The number of amides is 2. The number of fused-ring (bicyclic) bond motifs is 1. The number of carbonyl (C=O) groups excluding carboxylic acids is 1. The van der Waals surface area contributed by atoms with Crippen molar-refractivity contribution in [3.05, 3.63) is 41.7 Å². The Bertz CT molecular complexity index is 862. The Kier molecular flexibility index (Phi) is 3.25. The number of aromatic nitrogens is 3. The molecule has 0 aliphatic heterocycles. The van der Waals surface area contributed by atoms with Crippen molar-refractivity contribution >= 4 is 22.8 Å². The van der Waals surface area contributed by atoms with E-state index in [1.54, 1.807) is 0 Å². The van der Waals surface area contributed by atoms with Gasteiger partial charge in [0.15, 0.2) is 11.4 Å². The second-order valence-corrected chi connectivity index (χ2v) is 5.79. The van der Waals surface area contributed by atoms with Crippen molar-refractivity contribution in [3.63, 3.8) is 0 Å². The molecule has 2 aromatic heterocycles. The molecule has 0 spiro atoms. The van der Waals surface area contributed by atoms with Gasteiger partial charge in [-0.25, -0.2) is 4.79 Å². The predicted molar refractivity (Wildman–Crippen MR) is 85.1 cm³/mol. The van der Waals surface area contributed by atoms with Gasteiger partial charge < -0.3 is 9.84 Å². The molecular formula is C16H17N5O2. The summed E-state index contributed by atoms with van der Waals surface area (Å²) >= 11 is 0. The molecule has 1 aliphatic rings. The quantitative estimate of drug-likeness (QED) is 0.776. The monoisotopic (exact) mass is 311 g/mol. The zero-order chi connectivity index (χ0) is 15.8. The van der Waals surface area contributed by atoms with Crippen LogP contribution in [0, 0.1) is 0 Å². The summed E-state index contributed by atoms with van der Waals surface area (Å²) in [5.74, 6) is 1.16. The fourth-order valence-corrected chi connectivity index (χ4v) is 2.69. The SMILES string of the molecule is Cn1nc(NC(=O)NCc2noc3ccccc23)cc1C1CC1. The van der Waals surface area contributed by atoms with E-state index in [0.717, 1.165) is 5.39 Å². The van der Waals surface area contributed by atoms with Crippen molar-refractivity contribution in [1.82, 2.24) is 20.3 Å². The van der Waals surface area contributed by atoms with Crippen LogP contribution < -0.4 is 10.6 Å². The van der Waals surface area contributed by atoms with Crippen LogP contribution in [0.15, 0.2) is 34.9 Å². The molecule has 7 nitrogen and oxygen atoms in total. The first kappa shape index (κ1) is 13.8. The van der Waals surface area contributed by atoms with E-state index in [2.05, 4.69) is 20.9 Å². The van der Waals surface area contributed by atoms with Crippen LogP contribution in [0.4, 0.5) is 10.6 Å². The van der Waals surface area contributed by atoms with Gasteiger partial charge in [-0.3, -0.25) is 10.00 Å². The molecule has 2 amide bonds. The molecule has 0 radical (unpaired) electrons. The first-order valence-corrected chi connectivity index (χ1v) is 7.63. The van der Waals surface area contributed by atoms with Gasteiger partial charge in [0.2, 0.25) is 0 Å². The van der Waals surface area contributed by atoms with Gasteiger partial charge in [0, 0.05) is 30.1 Å². The molecule has 7 heteroatoms. The molecular weight excluding hydrogens is 294 g/mol. The summed E-state index contributed by atoms with van der Waals surface area (Å²) in [7, 11) is 1.90. The fourth-order valence-electron chi connectivity index (χ4n) is 2.69. The van der Waals surface area contributed by atoms with Crippen molar-refractivity contribution < 1.29 is 9.32 Å². The lowest BCUT2D eigenvalue weighted by Gasteiger charge is -2.03. The van der Waals surface area contributed by atoms with E-state index >= 15 is 0 Å². The molecule has 1 aliphatic carbocycles. The zero-order valence-corrected chi connectivity index (χ0v) is 12.7. The fraction of sp³-hybridized carbons (Fsp3) is 0.312. The van der Waals surface area contributed by atoms with Crippen molar-refractivity contribution in [2.24, 2.45) is 7.05 Å². The van der Waals surface area contributed by atoms with Crippen molar-refractivity contribution in [3.8, 4) is 0 Å². The van der Waals surface area contributed by atoms with Crippen LogP contribution in [0.25, 0.3) is 11.0 Å². The van der Waals surface area contributed by atoms with Crippen LogP contribution >= 0.6 is 0 Å². The topological polar surface area (TPSA) is 85.0 Å². The Morgan fingerprint density at radius 1 is 1.39 bits per heavy atom. The van der Waals surface area contributed by atoms with E-state index in [0.29, 0.717) is 29.6 Å². The number of nitrogens with one attached hydrogen (secondary N) is 2. The third-order valence-corrected chi connectivity index (χ3v) is 4.02. The Balaban J connectivity index is 1.39. The number of nitrogens with zero attached hydrogens (tertiary/aromatic N) is 3. The minimum atomic E-state index is -0.308. The highest BCUT2D eigenvalue weighted by Crippen LogP contribution is 2.40. The number of rotatable bonds is 4. The van der Waals surface area contributed by atoms with Gasteiger partial charge >= 0.3 is 6.03 Å². The molecule has 0 saturated heterocycles. The summed E-state index contributed by atoms with van der Waals surface area (Å²) in [5.41, 5.74) is 2.58. The molecule has 1 aromatic carbocycles. The van der Waals surface area contributed by atoms with Gasteiger partial charge in [0.1, 0.15) is 5.69 Å². The Morgan fingerprint density at radius 3 is 3.04 bits per heavy atom. The van der Waals surface area contributed by atoms with Gasteiger partial charge in [-0.15, -0.1) is 0 Å². The Hall–Kier alpha value is -2.83. The predicted octanol–water partition coefficient (Wildman–Crippen LogP) is 2.76. The number of benzene rings is 1. The normalized spacial score (nSPS) is 14.1. The number of aryl methyl sites for hydroxylation is 1. The average molecular weight is 311 g/mol. The van der Waals surface area contributed by atoms with Crippen LogP contribution in [-0.2, 0) is 13.6 Å². The van der Waals surface area contributed by atoms with Gasteiger partial charge in [0.25, 0.3) is 0 Å². The van der Waals surface area contributed by atoms with E-state index in [1.165, 1.54) is 18.5 Å². The second-order valence-electron chi connectivity index (χ2n) is 5.79. The highest BCUT2D eigenvalue weighted by molar-refractivity contribution is 5.88. The summed E-state index contributed by atoms with van der Waals surface area (Å²) in [6.45, 7) is 0.297. The first-order valence-electron chi connectivity index (χ1n) is 7.63. The van der Waals surface area contributed by atoms with Gasteiger partial charge in [-0.1, -0.05) is 17.3 Å². The van der Waals surface area contributed by atoms with E-state index in [-0.39, 0.29) is 6.03 Å². The summed E-state index contributed by atoms with van der Waals surface area (Å²) in [5, 5.41) is 14.7. The highest BCUT2D eigenvalue weighted by Gasteiger charge is 2.27. The van der Waals surface area contributed by atoms with Gasteiger partial charge in [-0.05, 0) is 25.0 Å². The number of urea groups is 1. The number of hydrogen-bond donors (Lipinski definition) is 2. The Morgan fingerprint density at radius 2 is 2.22 bits per heavy atom. The smallest absolute Gasteiger partial charge is 0.320 e. The first-order chi connectivity index (χ1) is 11.2. The van der Waals surface area contributed by atoms with E-state index in [1.807, 2.05) is 42.1 Å². The minimum absolute atomic E-state index is 0.297. The molecule has 2 heterocycles. The lowest BCUT2D eigenvalue weighted by molar-refractivity contribution is 0.251. The maximum atomic E-state index is 12.0. The van der Waals surface area contributed by atoms with E-state index < -0.39 is 0 Å². The van der Waals surface area contributed by atoms with Crippen molar-refractivity contribution in [2.75, 3.05) is 5.32 Å². The number of hydrogen-bond acceptors (Lipinski definition) is 4. The minimum Gasteiger partial charge on any atom is -0.356 e. The van der Waals surface area contributed by atoms with Crippen LogP contribution in [-0.4, -0.2) is 21.0 Å². The lowest BCUT2D eigenvalue weighted by atomic mass is 10.2. The molecule has 3 aromatic rings. The highest BCUT2D eigenvalue weighted by atomic mass is 16.5. The van der Waals surface area contributed by atoms with Crippen LogP contribution in [0.5, 0.6) is 0 Å². The molecule has 4 rings (SSSR count). The van der Waals surface area contributed by atoms with Gasteiger partial charge in [-0.2, -0.15) is 5.10 Å². The average Bonchev–Trinajstić information content (AvgIpc) is 3.20. The van der Waals surface area contributed by atoms with Crippen molar-refractivity contribution in [1.29, 1.82) is 0 Å². The van der Waals surface area contributed by atoms with Crippen molar-refractivity contribution in [2.45, 2.75) is 25.3 Å². The summed E-state index contributed by atoms with van der Waals surface area (Å²) in [6, 6.07) is 9.19. The van der Waals surface area contributed by atoms with Gasteiger partial charge in [0.05, 0.1) is 6.54 Å². The molecule has 0 bridgehead atoms. The van der Waals surface area contributed by atoms with Crippen LogP contribution in [0.1, 0.15) is 30.1 Å². The maximum absolute atomic E-state index is 12.0. The summed E-state index contributed by atoms with van der Waals surface area (Å²) in [4.78, 5) is 12.0. The molecule has 1 saturated carbocycles. The Labute approximate surface area is 132 Å². The van der Waals surface area contributed by atoms with E-state index in [9.17, 15) is 4.79 Å². The zero-order valence-electron chi connectivity index (χ0n) is 12.7. The third kappa shape index (κ3) is 2.77. The second kappa shape index (κ2) is 5.42. The maximum Gasteiger partial charge on any atom is 0.320 e. The number of carbonyl (C=O) groups is 1. The van der Waals surface area contributed by atoms with Crippen LogP contribution in [0.3, 0.4) is 0 Å². The molecule has 2 N–H and O–H groups in total.